The molecule has 2 aliphatic rings. The molecule has 2 aliphatic heterocycles. The largest absolute Gasteiger partial charge is 0.293 e. The molecule has 2 atom stereocenters. The molecule has 92 valence electrons. The maximum atomic E-state index is 6.32. The lowest BCUT2D eigenvalue weighted by atomic mass is 10.0. The minimum atomic E-state index is 0.492. The van der Waals surface area contributed by atoms with Gasteiger partial charge in [0.25, 0.3) is 0 Å². The zero-order valence-corrected chi connectivity index (χ0v) is 11.3. The van der Waals surface area contributed by atoms with Gasteiger partial charge in [0.05, 0.1) is 0 Å². The van der Waals surface area contributed by atoms with Gasteiger partial charge in [-0.25, -0.2) is 0 Å². The summed E-state index contributed by atoms with van der Waals surface area (Å²) < 4.78 is 0. The molecule has 1 nitrogen and oxygen atoms in total. The molecule has 0 bridgehead atoms. The van der Waals surface area contributed by atoms with Gasteiger partial charge in [0.2, 0.25) is 0 Å². The van der Waals surface area contributed by atoms with Crippen molar-refractivity contribution in [2.75, 3.05) is 6.54 Å². The normalized spacial score (nSPS) is 29.3. The number of nitrogens with zero attached hydrogens (tertiary/aromatic N) is 1. The zero-order chi connectivity index (χ0) is 11.8. The standard InChI is InChI=1S/C14H17Cl2N/c15-10-4-6-13(16)12(9-10)14-7-5-11-3-1-2-8-17(11)14/h4,6,9,11,14H,1-3,5,7-8H2/t11-,14-/m1/s1. The Labute approximate surface area is 113 Å². The summed E-state index contributed by atoms with van der Waals surface area (Å²) in [6.07, 6.45) is 6.61. The van der Waals surface area contributed by atoms with Crippen LogP contribution in [0.3, 0.4) is 0 Å². The predicted octanol–water partition coefficient (Wildman–Crippen LogP) is 4.68. The molecule has 3 rings (SSSR count). The van der Waals surface area contributed by atoms with Gasteiger partial charge in [-0.3, -0.25) is 4.90 Å². The first-order valence-corrected chi connectivity index (χ1v) is 7.22. The van der Waals surface area contributed by atoms with Gasteiger partial charge in [-0.1, -0.05) is 29.6 Å². The van der Waals surface area contributed by atoms with E-state index in [-0.39, 0.29) is 0 Å². The highest BCUT2D eigenvalue weighted by Crippen LogP contribution is 2.42. The second-order valence-electron chi connectivity index (χ2n) is 5.15. The predicted molar refractivity (Wildman–Crippen MR) is 72.8 cm³/mol. The maximum Gasteiger partial charge on any atom is 0.0454 e. The van der Waals surface area contributed by atoms with Crippen LogP contribution >= 0.6 is 23.2 Å². The second kappa shape index (κ2) is 4.79. The molecule has 1 aromatic carbocycles. The van der Waals surface area contributed by atoms with Crippen molar-refractivity contribution in [3.63, 3.8) is 0 Å². The third kappa shape index (κ3) is 2.21. The fraction of sp³-hybridized carbons (Fsp3) is 0.571. The lowest BCUT2D eigenvalue weighted by molar-refractivity contribution is 0.150. The monoisotopic (exact) mass is 269 g/mol. The highest BCUT2D eigenvalue weighted by Gasteiger charge is 2.36. The van der Waals surface area contributed by atoms with E-state index in [1.165, 1.54) is 44.2 Å². The molecule has 0 unspecified atom stereocenters. The van der Waals surface area contributed by atoms with E-state index in [2.05, 4.69) is 4.90 Å². The number of fused-ring (bicyclic) bond motifs is 1. The molecular weight excluding hydrogens is 253 g/mol. The lowest BCUT2D eigenvalue weighted by Gasteiger charge is -2.34. The molecule has 2 heterocycles. The maximum absolute atomic E-state index is 6.32. The first kappa shape index (κ1) is 11.8. The molecule has 0 saturated carbocycles. The van der Waals surface area contributed by atoms with Gasteiger partial charge in [-0.2, -0.15) is 0 Å². The highest BCUT2D eigenvalue weighted by atomic mass is 35.5. The molecule has 2 saturated heterocycles. The molecule has 1 aromatic rings. The van der Waals surface area contributed by atoms with Gasteiger partial charge >= 0.3 is 0 Å². The van der Waals surface area contributed by atoms with E-state index in [0.717, 1.165) is 16.1 Å². The van der Waals surface area contributed by atoms with Gasteiger partial charge in [0.1, 0.15) is 0 Å². The van der Waals surface area contributed by atoms with E-state index < -0.39 is 0 Å². The summed E-state index contributed by atoms with van der Waals surface area (Å²) in [5, 5.41) is 1.66. The number of rotatable bonds is 1. The molecule has 3 heteroatoms. The van der Waals surface area contributed by atoms with Crippen LogP contribution in [0, 0.1) is 0 Å². The van der Waals surface area contributed by atoms with Crippen LogP contribution in [0.15, 0.2) is 18.2 Å². The van der Waals surface area contributed by atoms with Crippen molar-refractivity contribution >= 4 is 23.2 Å². The molecule has 0 radical (unpaired) electrons. The number of benzene rings is 1. The number of hydrogen-bond donors (Lipinski definition) is 0. The Bertz CT molecular complexity index is 419. The van der Waals surface area contributed by atoms with Gasteiger partial charge < -0.3 is 0 Å². The SMILES string of the molecule is Clc1ccc(Cl)c([C@H]2CC[C@H]3CCCCN32)c1. The molecule has 0 N–H and O–H groups in total. The minimum Gasteiger partial charge on any atom is -0.293 e. The van der Waals surface area contributed by atoms with E-state index in [4.69, 9.17) is 23.2 Å². The average Bonchev–Trinajstić information content (AvgIpc) is 2.76. The summed E-state index contributed by atoms with van der Waals surface area (Å²) in [6, 6.07) is 7.12. The molecule has 0 aliphatic carbocycles. The van der Waals surface area contributed by atoms with E-state index in [1.807, 2.05) is 18.2 Å². The van der Waals surface area contributed by atoms with Crippen molar-refractivity contribution in [3.8, 4) is 0 Å². The van der Waals surface area contributed by atoms with Crippen molar-refractivity contribution in [1.82, 2.24) is 4.90 Å². The number of hydrogen-bond acceptors (Lipinski definition) is 1. The molecule has 17 heavy (non-hydrogen) atoms. The van der Waals surface area contributed by atoms with Gasteiger partial charge in [0.15, 0.2) is 0 Å². The molecular formula is C14H17Cl2N. The summed E-state index contributed by atoms with van der Waals surface area (Å²) in [4.78, 5) is 2.64. The van der Waals surface area contributed by atoms with Crippen LogP contribution in [0.2, 0.25) is 10.0 Å². The van der Waals surface area contributed by atoms with Crippen LogP contribution in [0.4, 0.5) is 0 Å². The summed E-state index contributed by atoms with van der Waals surface area (Å²) in [5.41, 5.74) is 1.23. The third-order valence-corrected chi connectivity index (χ3v) is 4.74. The van der Waals surface area contributed by atoms with Crippen LogP contribution in [0.5, 0.6) is 0 Å². The van der Waals surface area contributed by atoms with Crippen molar-refractivity contribution < 1.29 is 0 Å². The van der Waals surface area contributed by atoms with Crippen LogP contribution in [0.1, 0.15) is 43.7 Å². The topological polar surface area (TPSA) is 3.24 Å². The van der Waals surface area contributed by atoms with Crippen molar-refractivity contribution in [2.24, 2.45) is 0 Å². The van der Waals surface area contributed by atoms with Gasteiger partial charge in [0, 0.05) is 22.1 Å². The Hall–Kier alpha value is -0.240. The van der Waals surface area contributed by atoms with Crippen molar-refractivity contribution in [1.29, 1.82) is 0 Å². The Morgan fingerprint density at radius 3 is 2.82 bits per heavy atom. The van der Waals surface area contributed by atoms with Gasteiger partial charge in [-0.15, -0.1) is 0 Å². The Kier molecular flexibility index (Phi) is 3.34. The quantitative estimate of drug-likeness (QED) is 0.716. The fourth-order valence-electron chi connectivity index (χ4n) is 3.36. The average molecular weight is 270 g/mol. The first-order chi connectivity index (χ1) is 8.25. The smallest absolute Gasteiger partial charge is 0.0454 e. The Balaban J connectivity index is 1.91. The lowest BCUT2D eigenvalue weighted by Crippen LogP contribution is -2.35. The third-order valence-electron chi connectivity index (χ3n) is 4.16. The van der Waals surface area contributed by atoms with E-state index in [0.29, 0.717) is 6.04 Å². The van der Waals surface area contributed by atoms with Crippen molar-refractivity contribution in [2.45, 2.75) is 44.2 Å². The molecule has 0 aromatic heterocycles. The number of piperidine rings is 1. The summed E-state index contributed by atoms with van der Waals surface area (Å²) in [5.74, 6) is 0. The zero-order valence-electron chi connectivity index (χ0n) is 9.83. The fourth-order valence-corrected chi connectivity index (χ4v) is 3.79. The first-order valence-electron chi connectivity index (χ1n) is 6.46. The summed E-state index contributed by atoms with van der Waals surface area (Å²) in [6.45, 7) is 1.22. The molecule has 0 amide bonds. The van der Waals surface area contributed by atoms with Crippen LogP contribution in [-0.2, 0) is 0 Å². The molecule has 0 spiro atoms. The van der Waals surface area contributed by atoms with Gasteiger partial charge in [-0.05, 0) is 56.0 Å². The van der Waals surface area contributed by atoms with Crippen LogP contribution in [0.25, 0.3) is 0 Å². The van der Waals surface area contributed by atoms with E-state index in [9.17, 15) is 0 Å². The van der Waals surface area contributed by atoms with E-state index >= 15 is 0 Å². The van der Waals surface area contributed by atoms with Crippen LogP contribution in [-0.4, -0.2) is 17.5 Å². The Morgan fingerprint density at radius 2 is 1.94 bits per heavy atom. The summed E-state index contributed by atoms with van der Waals surface area (Å²) in [7, 11) is 0. The minimum absolute atomic E-state index is 0.492. The molecule has 2 fully saturated rings. The van der Waals surface area contributed by atoms with E-state index in [1.54, 1.807) is 0 Å². The number of halogens is 2. The highest BCUT2D eigenvalue weighted by molar-refractivity contribution is 6.33. The van der Waals surface area contributed by atoms with Crippen molar-refractivity contribution in [3.05, 3.63) is 33.8 Å². The van der Waals surface area contributed by atoms with Crippen LogP contribution < -0.4 is 0 Å². The Morgan fingerprint density at radius 1 is 1.06 bits per heavy atom. The second-order valence-corrected chi connectivity index (χ2v) is 5.99. The summed E-state index contributed by atoms with van der Waals surface area (Å²) >= 11 is 12.4.